The Bertz CT molecular complexity index is 302. The van der Waals surface area contributed by atoms with Gasteiger partial charge in [0.25, 0.3) is 0 Å². The van der Waals surface area contributed by atoms with Gasteiger partial charge in [-0.05, 0) is 45.5 Å². The number of halogens is 1. The highest BCUT2D eigenvalue weighted by Gasteiger charge is 2.07. The molecule has 0 atom stereocenters. The molecule has 1 rings (SSSR count). The average Bonchev–Trinajstić information content (AvgIpc) is 2.31. The molecule has 0 saturated carbocycles. The summed E-state index contributed by atoms with van der Waals surface area (Å²) in [6.07, 6.45) is 2.21. The van der Waals surface area contributed by atoms with Crippen molar-refractivity contribution in [3.05, 3.63) is 30.1 Å². The maximum atomic E-state index is 13.5. The third-order valence-electron chi connectivity index (χ3n) is 2.68. The van der Waals surface area contributed by atoms with Crippen LogP contribution in [0.25, 0.3) is 0 Å². The summed E-state index contributed by atoms with van der Waals surface area (Å²) in [4.78, 5) is 2.09. The first-order valence-corrected chi connectivity index (χ1v) is 5.93. The van der Waals surface area contributed by atoms with Gasteiger partial charge in [0.15, 0.2) is 0 Å². The number of rotatable bonds is 7. The second-order valence-electron chi connectivity index (χ2n) is 3.84. The Morgan fingerprint density at radius 2 is 2.00 bits per heavy atom. The third kappa shape index (κ3) is 3.81. The minimum absolute atomic E-state index is 0.127. The molecule has 0 unspecified atom stereocenters. The van der Waals surface area contributed by atoms with Gasteiger partial charge >= 0.3 is 0 Å². The molecule has 0 heterocycles. The van der Waals surface area contributed by atoms with Crippen molar-refractivity contribution in [1.29, 1.82) is 0 Å². The zero-order valence-electron chi connectivity index (χ0n) is 10.2. The van der Waals surface area contributed by atoms with Crippen LogP contribution in [0, 0.1) is 5.82 Å². The van der Waals surface area contributed by atoms with Crippen LogP contribution in [0.3, 0.4) is 0 Å². The largest absolute Gasteiger partial charge is 0.369 e. The summed E-state index contributed by atoms with van der Waals surface area (Å²) >= 11 is 0. The number of unbranched alkanes of at least 4 members (excludes halogenated alkanes) is 1. The lowest BCUT2D eigenvalue weighted by molar-refractivity contribution is 0.608. The molecule has 90 valence electrons. The van der Waals surface area contributed by atoms with Gasteiger partial charge < -0.3 is 10.2 Å². The molecule has 0 aliphatic heterocycles. The molecule has 0 bridgehead atoms. The van der Waals surface area contributed by atoms with Crippen molar-refractivity contribution < 1.29 is 4.39 Å². The lowest BCUT2D eigenvalue weighted by atomic mass is 10.2. The first-order chi connectivity index (χ1) is 7.79. The minimum atomic E-state index is -0.127. The lowest BCUT2D eigenvalue weighted by Crippen LogP contribution is -2.25. The van der Waals surface area contributed by atoms with Crippen LogP contribution in [0.5, 0.6) is 0 Å². The normalized spacial score (nSPS) is 10.4. The Morgan fingerprint density at radius 3 is 2.62 bits per heavy atom. The molecule has 1 aromatic rings. The zero-order valence-corrected chi connectivity index (χ0v) is 10.2. The molecule has 0 aliphatic carbocycles. The summed E-state index contributed by atoms with van der Waals surface area (Å²) in [6, 6.07) is 6.98. The summed E-state index contributed by atoms with van der Waals surface area (Å²) in [5.41, 5.74) is 0.717. The van der Waals surface area contributed by atoms with E-state index in [4.69, 9.17) is 0 Å². The zero-order chi connectivity index (χ0) is 11.8. The second kappa shape index (κ2) is 7.23. The van der Waals surface area contributed by atoms with Crippen LogP contribution in [0.4, 0.5) is 10.1 Å². The fourth-order valence-electron chi connectivity index (χ4n) is 1.76. The Kier molecular flexibility index (Phi) is 5.86. The highest BCUT2D eigenvalue weighted by atomic mass is 19.1. The Hall–Kier alpha value is -1.09. The molecular weight excluding hydrogens is 203 g/mol. The van der Waals surface area contributed by atoms with Crippen LogP contribution in [0.15, 0.2) is 24.3 Å². The molecule has 0 fully saturated rings. The van der Waals surface area contributed by atoms with Gasteiger partial charge in [-0.1, -0.05) is 12.1 Å². The maximum Gasteiger partial charge on any atom is 0.146 e. The average molecular weight is 224 g/mol. The number of hydrogen-bond acceptors (Lipinski definition) is 2. The quantitative estimate of drug-likeness (QED) is 0.716. The van der Waals surface area contributed by atoms with Crippen molar-refractivity contribution in [2.45, 2.75) is 19.8 Å². The monoisotopic (exact) mass is 224 g/mol. The summed E-state index contributed by atoms with van der Waals surface area (Å²) in [7, 11) is 1.95. The van der Waals surface area contributed by atoms with E-state index in [-0.39, 0.29) is 5.82 Å². The van der Waals surface area contributed by atoms with Crippen molar-refractivity contribution in [2.75, 3.05) is 31.6 Å². The number of para-hydroxylation sites is 1. The molecular formula is C13H21FN2. The van der Waals surface area contributed by atoms with Gasteiger partial charge in [0.1, 0.15) is 5.82 Å². The van der Waals surface area contributed by atoms with Crippen molar-refractivity contribution in [1.82, 2.24) is 5.32 Å². The van der Waals surface area contributed by atoms with Gasteiger partial charge in [0.2, 0.25) is 0 Å². The molecule has 0 aliphatic rings. The van der Waals surface area contributed by atoms with E-state index in [1.165, 1.54) is 6.07 Å². The van der Waals surface area contributed by atoms with E-state index in [0.717, 1.165) is 38.2 Å². The predicted molar refractivity (Wildman–Crippen MR) is 67.4 cm³/mol. The third-order valence-corrected chi connectivity index (χ3v) is 2.68. The van der Waals surface area contributed by atoms with Gasteiger partial charge in [0, 0.05) is 13.1 Å². The summed E-state index contributed by atoms with van der Waals surface area (Å²) < 4.78 is 13.5. The van der Waals surface area contributed by atoms with Crippen LogP contribution in [-0.4, -0.2) is 26.7 Å². The highest BCUT2D eigenvalue weighted by molar-refractivity contribution is 5.47. The molecule has 0 spiro atoms. The molecule has 2 nitrogen and oxygen atoms in total. The summed E-state index contributed by atoms with van der Waals surface area (Å²) in [6.45, 7) is 4.85. The molecule has 0 radical (unpaired) electrons. The van der Waals surface area contributed by atoms with Gasteiger partial charge in [-0.25, -0.2) is 4.39 Å². The summed E-state index contributed by atoms with van der Waals surface area (Å²) in [5.74, 6) is -0.127. The van der Waals surface area contributed by atoms with E-state index in [9.17, 15) is 4.39 Å². The molecule has 1 N–H and O–H groups in total. The van der Waals surface area contributed by atoms with Crippen LogP contribution in [0.2, 0.25) is 0 Å². The van der Waals surface area contributed by atoms with Crippen molar-refractivity contribution in [3.8, 4) is 0 Å². The first-order valence-electron chi connectivity index (χ1n) is 5.93. The van der Waals surface area contributed by atoms with Crippen molar-refractivity contribution >= 4 is 5.69 Å². The van der Waals surface area contributed by atoms with Gasteiger partial charge in [-0.15, -0.1) is 0 Å². The molecule has 1 aromatic carbocycles. The minimum Gasteiger partial charge on any atom is -0.369 e. The molecule has 3 heteroatoms. The molecule has 16 heavy (non-hydrogen) atoms. The number of hydrogen-bond donors (Lipinski definition) is 1. The molecule has 0 aromatic heterocycles. The number of anilines is 1. The SMILES string of the molecule is CCN(CCCCNC)c1ccccc1F. The Balaban J connectivity index is 2.51. The van der Waals surface area contributed by atoms with E-state index in [2.05, 4.69) is 17.1 Å². The van der Waals surface area contributed by atoms with E-state index in [1.54, 1.807) is 6.07 Å². The predicted octanol–water partition coefficient (Wildman–Crippen LogP) is 2.65. The maximum absolute atomic E-state index is 13.5. The van der Waals surface area contributed by atoms with E-state index >= 15 is 0 Å². The lowest BCUT2D eigenvalue weighted by Gasteiger charge is -2.23. The standard InChI is InChI=1S/C13H21FN2/c1-3-16(11-7-6-10-15-2)13-9-5-4-8-12(13)14/h4-5,8-9,15H,3,6-7,10-11H2,1-2H3. The van der Waals surface area contributed by atoms with Crippen LogP contribution < -0.4 is 10.2 Å². The fraction of sp³-hybridized carbons (Fsp3) is 0.538. The van der Waals surface area contributed by atoms with Gasteiger partial charge in [-0.2, -0.15) is 0 Å². The fourth-order valence-corrected chi connectivity index (χ4v) is 1.76. The van der Waals surface area contributed by atoms with Crippen LogP contribution in [-0.2, 0) is 0 Å². The number of benzene rings is 1. The molecule has 0 amide bonds. The first kappa shape index (κ1) is 13.0. The summed E-state index contributed by atoms with van der Waals surface area (Å²) in [5, 5.41) is 3.12. The number of nitrogens with one attached hydrogen (secondary N) is 1. The van der Waals surface area contributed by atoms with E-state index in [1.807, 2.05) is 19.2 Å². The van der Waals surface area contributed by atoms with Crippen LogP contribution in [0.1, 0.15) is 19.8 Å². The van der Waals surface area contributed by atoms with Crippen molar-refractivity contribution in [3.63, 3.8) is 0 Å². The number of nitrogens with zero attached hydrogens (tertiary/aromatic N) is 1. The topological polar surface area (TPSA) is 15.3 Å². The van der Waals surface area contributed by atoms with E-state index < -0.39 is 0 Å². The van der Waals surface area contributed by atoms with Crippen molar-refractivity contribution in [2.24, 2.45) is 0 Å². The van der Waals surface area contributed by atoms with Gasteiger partial charge in [0.05, 0.1) is 5.69 Å². The smallest absolute Gasteiger partial charge is 0.146 e. The highest BCUT2D eigenvalue weighted by Crippen LogP contribution is 2.18. The van der Waals surface area contributed by atoms with E-state index in [0.29, 0.717) is 0 Å². The second-order valence-corrected chi connectivity index (χ2v) is 3.84. The Morgan fingerprint density at radius 1 is 1.25 bits per heavy atom. The Labute approximate surface area is 97.5 Å². The van der Waals surface area contributed by atoms with Gasteiger partial charge in [-0.3, -0.25) is 0 Å². The molecule has 0 saturated heterocycles. The van der Waals surface area contributed by atoms with Crippen LogP contribution >= 0.6 is 0 Å².